The van der Waals surface area contributed by atoms with Crippen molar-refractivity contribution in [3.63, 3.8) is 0 Å². The summed E-state index contributed by atoms with van der Waals surface area (Å²) in [5.41, 5.74) is 3.89. The van der Waals surface area contributed by atoms with E-state index in [1.54, 1.807) is 6.21 Å². The van der Waals surface area contributed by atoms with Crippen LogP contribution in [0.5, 0.6) is 0 Å². The standard InChI is InChI=1S/C18H20BrN3OS/c19-14-8-6-13(7-9-14)17-11-10-16(23-17)12-20-22-18(24)21-15-4-2-1-3-5-15/h6-12,15H,1-5H2,(H2,21,22,24)/b20-12+. The molecule has 0 aliphatic heterocycles. The van der Waals surface area contributed by atoms with Gasteiger partial charge in [-0.2, -0.15) is 5.10 Å². The van der Waals surface area contributed by atoms with Crippen molar-refractivity contribution in [2.75, 3.05) is 0 Å². The summed E-state index contributed by atoms with van der Waals surface area (Å²) < 4.78 is 6.82. The van der Waals surface area contributed by atoms with E-state index in [1.807, 2.05) is 36.4 Å². The van der Waals surface area contributed by atoms with Crippen LogP contribution in [0.2, 0.25) is 0 Å². The number of benzene rings is 1. The monoisotopic (exact) mass is 405 g/mol. The van der Waals surface area contributed by atoms with Crippen LogP contribution in [0.15, 0.2) is 50.4 Å². The zero-order valence-corrected chi connectivity index (χ0v) is 15.7. The number of hydrogen-bond donors (Lipinski definition) is 2. The van der Waals surface area contributed by atoms with E-state index in [-0.39, 0.29) is 0 Å². The van der Waals surface area contributed by atoms with Crippen LogP contribution in [0.25, 0.3) is 11.3 Å². The summed E-state index contributed by atoms with van der Waals surface area (Å²) in [7, 11) is 0. The highest BCUT2D eigenvalue weighted by Crippen LogP contribution is 2.23. The summed E-state index contributed by atoms with van der Waals surface area (Å²) in [6.07, 6.45) is 7.87. The summed E-state index contributed by atoms with van der Waals surface area (Å²) >= 11 is 8.70. The van der Waals surface area contributed by atoms with E-state index < -0.39 is 0 Å². The van der Waals surface area contributed by atoms with Crippen LogP contribution >= 0.6 is 28.1 Å². The van der Waals surface area contributed by atoms with Crippen molar-refractivity contribution in [1.29, 1.82) is 0 Å². The molecule has 0 spiro atoms. The second-order valence-corrected chi connectivity index (χ2v) is 7.21. The van der Waals surface area contributed by atoms with Gasteiger partial charge in [0, 0.05) is 16.1 Å². The van der Waals surface area contributed by atoms with Crippen LogP contribution in [0.4, 0.5) is 0 Å². The van der Waals surface area contributed by atoms with E-state index in [2.05, 4.69) is 31.8 Å². The zero-order chi connectivity index (χ0) is 16.8. The van der Waals surface area contributed by atoms with Gasteiger partial charge in [-0.1, -0.05) is 47.3 Å². The van der Waals surface area contributed by atoms with Gasteiger partial charge in [0.1, 0.15) is 11.5 Å². The molecule has 1 saturated carbocycles. The number of thiocarbonyl (C=S) groups is 1. The van der Waals surface area contributed by atoms with Crippen molar-refractivity contribution in [3.05, 3.63) is 46.6 Å². The first kappa shape index (κ1) is 17.2. The highest BCUT2D eigenvalue weighted by molar-refractivity contribution is 9.10. The second kappa shape index (κ2) is 8.44. The molecule has 4 nitrogen and oxygen atoms in total. The Bertz CT molecular complexity index is 705. The molecule has 1 aliphatic rings. The molecule has 6 heteroatoms. The molecule has 0 saturated heterocycles. The minimum absolute atomic E-state index is 0.474. The fourth-order valence-corrected chi connectivity index (χ4v) is 3.29. The highest BCUT2D eigenvalue weighted by Gasteiger charge is 2.13. The van der Waals surface area contributed by atoms with Crippen LogP contribution in [-0.4, -0.2) is 17.4 Å². The molecule has 2 aromatic rings. The van der Waals surface area contributed by atoms with Crippen LogP contribution in [0.3, 0.4) is 0 Å². The Morgan fingerprint density at radius 3 is 2.62 bits per heavy atom. The highest BCUT2D eigenvalue weighted by atomic mass is 79.9. The molecule has 0 atom stereocenters. The smallest absolute Gasteiger partial charge is 0.187 e. The number of hydrogen-bond acceptors (Lipinski definition) is 3. The maximum absolute atomic E-state index is 5.77. The summed E-state index contributed by atoms with van der Waals surface area (Å²) in [4.78, 5) is 0. The number of nitrogens with zero attached hydrogens (tertiary/aromatic N) is 1. The lowest BCUT2D eigenvalue weighted by atomic mass is 9.96. The predicted octanol–water partition coefficient (Wildman–Crippen LogP) is 4.84. The maximum atomic E-state index is 5.77. The Balaban J connectivity index is 1.51. The fourth-order valence-electron chi connectivity index (χ4n) is 2.81. The van der Waals surface area contributed by atoms with Crippen molar-refractivity contribution < 1.29 is 4.42 Å². The van der Waals surface area contributed by atoms with Crippen molar-refractivity contribution in [3.8, 4) is 11.3 Å². The number of rotatable bonds is 4. The van der Waals surface area contributed by atoms with Crippen molar-refractivity contribution in [2.45, 2.75) is 38.1 Å². The quantitative estimate of drug-likeness (QED) is 0.434. The molecule has 1 aromatic carbocycles. The van der Waals surface area contributed by atoms with Crippen LogP contribution in [0, 0.1) is 0 Å². The van der Waals surface area contributed by atoms with E-state index in [0.29, 0.717) is 16.9 Å². The molecule has 0 radical (unpaired) electrons. The largest absolute Gasteiger partial charge is 0.455 e. The SMILES string of the molecule is S=C(N/N=C/c1ccc(-c2ccc(Br)cc2)o1)NC1CCCCC1. The molecule has 2 N–H and O–H groups in total. The zero-order valence-electron chi connectivity index (χ0n) is 13.3. The fraction of sp³-hybridized carbons (Fsp3) is 0.333. The molecule has 1 heterocycles. The first-order chi connectivity index (χ1) is 11.7. The number of nitrogens with one attached hydrogen (secondary N) is 2. The van der Waals surface area contributed by atoms with E-state index in [9.17, 15) is 0 Å². The Morgan fingerprint density at radius 2 is 1.88 bits per heavy atom. The topological polar surface area (TPSA) is 49.6 Å². The van der Waals surface area contributed by atoms with E-state index >= 15 is 0 Å². The predicted molar refractivity (Wildman–Crippen MR) is 105 cm³/mol. The van der Waals surface area contributed by atoms with Gasteiger partial charge in [-0.05, 0) is 49.3 Å². The van der Waals surface area contributed by atoms with Gasteiger partial charge in [0.2, 0.25) is 0 Å². The van der Waals surface area contributed by atoms with E-state index in [1.165, 1.54) is 32.1 Å². The van der Waals surface area contributed by atoms with Gasteiger partial charge in [-0.15, -0.1) is 0 Å². The molecule has 1 aromatic heterocycles. The molecule has 0 bridgehead atoms. The first-order valence-corrected chi connectivity index (χ1v) is 9.36. The van der Waals surface area contributed by atoms with Crippen molar-refractivity contribution >= 4 is 39.5 Å². The summed E-state index contributed by atoms with van der Waals surface area (Å²) in [6.45, 7) is 0. The molecule has 3 rings (SSSR count). The lowest BCUT2D eigenvalue weighted by Gasteiger charge is -2.23. The Kier molecular flexibility index (Phi) is 6.04. The van der Waals surface area contributed by atoms with Gasteiger partial charge in [0.05, 0.1) is 6.21 Å². The van der Waals surface area contributed by atoms with Gasteiger partial charge < -0.3 is 9.73 Å². The average molecular weight is 406 g/mol. The lowest BCUT2D eigenvalue weighted by molar-refractivity contribution is 0.412. The second-order valence-electron chi connectivity index (χ2n) is 5.89. The summed E-state index contributed by atoms with van der Waals surface area (Å²) in [5, 5.41) is 8.03. The van der Waals surface area contributed by atoms with E-state index in [4.69, 9.17) is 16.6 Å². The molecular formula is C18H20BrN3OS. The van der Waals surface area contributed by atoms with Gasteiger partial charge >= 0.3 is 0 Å². The lowest BCUT2D eigenvalue weighted by Crippen LogP contribution is -2.40. The molecule has 24 heavy (non-hydrogen) atoms. The van der Waals surface area contributed by atoms with E-state index in [0.717, 1.165) is 15.8 Å². The average Bonchev–Trinajstić information content (AvgIpc) is 3.05. The third kappa shape index (κ3) is 4.92. The third-order valence-electron chi connectivity index (χ3n) is 4.05. The molecule has 1 fully saturated rings. The molecule has 1 aliphatic carbocycles. The van der Waals surface area contributed by atoms with Gasteiger partial charge in [-0.25, -0.2) is 0 Å². The van der Waals surface area contributed by atoms with Crippen molar-refractivity contribution in [1.82, 2.24) is 10.7 Å². The van der Waals surface area contributed by atoms with Gasteiger partial charge in [0.15, 0.2) is 5.11 Å². The van der Waals surface area contributed by atoms with Crippen LogP contribution in [0.1, 0.15) is 37.9 Å². The van der Waals surface area contributed by atoms with Gasteiger partial charge in [0.25, 0.3) is 0 Å². The summed E-state index contributed by atoms with van der Waals surface area (Å²) in [5.74, 6) is 1.49. The Morgan fingerprint density at radius 1 is 1.12 bits per heavy atom. The maximum Gasteiger partial charge on any atom is 0.187 e. The minimum atomic E-state index is 0.474. The number of halogens is 1. The van der Waals surface area contributed by atoms with Gasteiger partial charge in [-0.3, -0.25) is 5.43 Å². The molecule has 0 amide bonds. The van der Waals surface area contributed by atoms with Crippen LogP contribution < -0.4 is 10.7 Å². The third-order valence-corrected chi connectivity index (χ3v) is 4.79. The number of hydrazone groups is 1. The normalized spacial score (nSPS) is 15.5. The van der Waals surface area contributed by atoms with Crippen molar-refractivity contribution in [2.24, 2.45) is 5.10 Å². The summed E-state index contributed by atoms with van der Waals surface area (Å²) in [6, 6.07) is 12.3. The first-order valence-electron chi connectivity index (χ1n) is 8.16. The minimum Gasteiger partial charge on any atom is -0.455 e. The number of furan rings is 1. The molecule has 126 valence electrons. The molecular weight excluding hydrogens is 386 g/mol. The molecule has 0 unspecified atom stereocenters. The Hall–Kier alpha value is -1.66. The Labute approximate surface area is 155 Å². The van der Waals surface area contributed by atoms with Crippen LogP contribution in [-0.2, 0) is 0 Å².